The monoisotopic (exact) mass is 234 g/mol. The second-order valence-corrected chi connectivity index (χ2v) is 3.85. The minimum absolute atomic E-state index is 0.140. The Labute approximate surface area is 98.1 Å². The number of nitrogens with zero attached hydrogens (tertiary/aromatic N) is 1. The Bertz CT molecular complexity index is 541. The summed E-state index contributed by atoms with van der Waals surface area (Å²) >= 11 is 0. The van der Waals surface area contributed by atoms with E-state index in [1.54, 1.807) is 18.5 Å². The van der Waals surface area contributed by atoms with Gasteiger partial charge in [-0.15, -0.1) is 0 Å². The summed E-state index contributed by atoms with van der Waals surface area (Å²) in [5.41, 5.74) is 7.67. The number of aromatic nitrogens is 1. The maximum absolute atomic E-state index is 13.6. The van der Waals surface area contributed by atoms with E-state index in [-0.39, 0.29) is 5.56 Å². The zero-order valence-corrected chi connectivity index (χ0v) is 9.32. The van der Waals surface area contributed by atoms with E-state index >= 15 is 0 Å². The zero-order chi connectivity index (χ0) is 12.4. The van der Waals surface area contributed by atoms with Gasteiger partial charge in [0.2, 0.25) is 0 Å². The van der Waals surface area contributed by atoms with Gasteiger partial charge in [-0.25, -0.2) is 8.78 Å². The van der Waals surface area contributed by atoms with Crippen molar-refractivity contribution in [3.8, 4) is 0 Å². The standard InChI is InChI=1S/C13H12F2N2/c1-8-5-6-17-7-10(8)13(16)9-3-2-4-11(14)12(9)15/h2-7,13H,16H2,1H3. The number of rotatable bonds is 2. The van der Waals surface area contributed by atoms with Crippen LogP contribution in [0.2, 0.25) is 0 Å². The molecule has 0 spiro atoms. The number of aryl methyl sites for hydroxylation is 1. The molecule has 0 amide bonds. The molecule has 2 nitrogen and oxygen atoms in total. The highest BCUT2D eigenvalue weighted by Gasteiger charge is 2.17. The number of hydrogen-bond donors (Lipinski definition) is 1. The van der Waals surface area contributed by atoms with Crippen molar-refractivity contribution >= 4 is 0 Å². The lowest BCUT2D eigenvalue weighted by Crippen LogP contribution is -2.15. The Morgan fingerprint density at radius 2 is 1.94 bits per heavy atom. The van der Waals surface area contributed by atoms with Crippen LogP contribution in [0.4, 0.5) is 8.78 Å². The minimum atomic E-state index is -0.900. The first kappa shape index (κ1) is 11.7. The highest BCUT2D eigenvalue weighted by molar-refractivity contribution is 5.35. The third kappa shape index (κ3) is 2.17. The van der Waals surface area contributed by atoms with Gasteiger partial charge in [0.1, 0.15) is 0 Å². The number of halogens is 2. The first-order valence-electron chi connectivity index (χ1n) is 5.21. The van der Waals surface area contributed by atoms with Crippen LogP contribution >= 0.6 is 0 Å². The Balaban J connectivity index is 2.48. The molecule has 0 bridgehead atoms. The molecule has 0 saturated carbocycles. The van der Waals surface area contributed by atoms with Crippen LogP contribution in [0.1, 0.15) is 22.7 Å². The predicted octanol–water partition coefficient (Wildman–Crippen LogP) is 2.72. The summed E-state index contributed by atoms with van der Waals surface area (Å²) in [6, 6.07) is 5.07. The zero-order valence-electron chi connectivity index (χ0n) is 9.32. The molecule has 4 heteroatoms. The van der Waals surface area contributed by atoms with Gasteiger partial charge in [-0.05, 0) is 30.2 Å². The Kier molecular flexibility index (Phi) is 3.15. The van der Waals surface area contributed by atoms with E-state index in [4.69, 9.17) is 5.73 Å². The van der Waals surface area contributed by atoms with Crippen LogP contribution in [0.3, 0.4) is 0 Å². The van der Waals surface area contributed by atoms with Gasteiger partial charge in [-0.1, -0.05) is 12.1 Å². The van der Waals surface area contributed by atoms with Crippen LogP contribution in [0.15, 0.2) is 36.7 Å². The molecule has 1 aromatic heterocycles. The molecule has 0 aliphatic rings. The van der Waals surface area contributed by atoms with Crippen molar-refractivity contribution in [2.24, 2.45) is 5.73 Å². The smallest absolute Gasteiger partial charge is 0.163 e. The van der Waals surface area contributed by atoms with Gasteiger partial charge in [0, 0.05) is 18.0 Å². The van der Waals surface area contributed by atoms with Crippen molar-refractivity contribution < 1.29 is 8.78 Å². The summed E-state index contributed by atoms with van der Waals surface area (Å²) in [7, 11) is 0. The molecule has 2 N–H and O–H groups in total. The SMILES string of the molecule is Cc1ccncc1C(N)c1cccc(F)c1F. The summed E-state index contributed by atoms with van der Waals surface area (Å²) in [6.45, 7) is 1.86. The van der Waals surface area contributed by atoms with Crippen molar-refractivity contribution in [3.05, 3.63) is 65.0 Å². The first-order valence-corrected chi connectivity index (χ1v) is 5.21. The van der Waals surface area contributed by atoms with Crippen LogP contribution < -0.4 is 5.73 Å². The molecule has 17 heavy (non-hydrogen) atoms. The van der Waals surface area contributed by atoms with E-state index in [9.17, 15) is 8.78 Å². The number of benzene rings is 1. The van der Waals surface area contributed by atoms with E-state index in [2.05, 4.69) is 4.98 Å². The molecule has 0 aliphatic heterocycles. The molecular weight excluding hydrogens is 222 g/mol. The molecule has 0 saturated heterocycles. The maximum Gasteiger partial charge on any atom is 0.163 e. The van der Waals surface area contributed by atoms with Crippen LogP contribution in [-0.2, 0) is 0 Å². The van der Waals surface area contributed by atoms with Crippen LogP contribution in [0.5, 0.6) is 0 Å². The van der Waals surface area contributed by atoms with Crippen molar-refractivity contribution in [1.82, 2.24) is 4.98 Å². The molecule has 2 aromatic rings. The molecule has 1 aromatic carbocycles. The summed E-state index contributed by atoms with van der Waals surface area (Å²) in [5.74, 6) is -1.79. The Morgan fingerprint density at radius 3 is 2.65 bits per heavy atom. The minimum Gasteiger partial charge on any atom is -0.320 e. The van der Waals surface area contributed by atoms with Gasteiger partial charge in [0.25, 0.3) is 0 Å². The summed E-state index contributed by atoms with van der Waals surface area (Å²) in [4.78, 5) is 3.95. The number of nitrogens with two attached hydrogens (primary N) is 1. The van der Waals surface area contributed by atoms with Crippen molar-refractivity contribution in [3.63, 3.8) is 0 Å². The average Bonchev–Trinajstić information content (AvgIpc) is 2.32. The largest absolute Gasteiger partial charge is 0.320 e. The second kappa shape index (κ2) is 4.59. The average molecular weight is 234 g/mol. The fourth-order valence-corrected chi connectivity index (χ4v) is 1.73. The second-order valence-electron chi connectivity index (χ2n) is 3.85. The highest BCUT2D eigenvalue weighted by atomic mass is 19.2. The molecular formula is C13H12F2N2. The van der Waals surface area contributed by atoms with Gasteiger partial charge < -0.3 is 5.73 Å². The molecule has 1 atom stereocenters. The van der Waals surface area contributed by atoms with Crippen LogP contribution in [-0.4, -0.2) is 4.98 Å². The number of pyridine rings is 1. The molecule has 1 unspecified atom stereocenters. The fourth-order valence-electron chi connectivity index (χ4n) is 1.73. The molecule has 0 radical (unpaired) electrons. The van der Waals surface area contributed by atoms with Gasteiger partial charge in [0.15, 0.2) is 11.6 Å². The van der Waals surface area contributed by atoms with Crippen molar-refractivity contribution in [2.45, 2.75) is 13.0 Å². The van der Waals surface area contributed by atoms with E-state index < -0.39 is 17.7 Å². The third-order valence-corrected chi connectivity index (χ3v) is 2.73. The van der Waals surface area contributed by atoms with Crippen LogP contribution in [0.25, 0.3) is 0 Å². The van der Waals surface area contributed by atoms with Crippen molar-refractivity contribution in [1.29, 1.82) is 0 Å². The molecule has 0 aliphatic carbocycles. The Morgan fingerprint density at radius 1 is 1.18 bits per heavy atom. The first-order chi connectivity index (χ1) is 8.11. The van der Waals surface area contributed by atoms with E-state index in [1.807, 2.05) is 6.92 Å². The highest BCUT2D eigenvalue weighted by Crippen LogP contribution is 2.24. The number of hydrogen-bond acceptors (Lipinski definition) is 2. The maximum atomic E-state index is 13.6. The molecule has 2 rings (SSSR count). The molecule has 1 heterocycles. The van der Waals surface area contributed by atoms with E-state index in [0.717, 1.165) is 11.6 Å². The normalized spacial score (nSPS) is 12.5. The van der Waals surface area contributed by atoms with Gasteiger partial charge >= 0.3 is 0 Å². The van der Waals surface area contributed by atoms with Gasteiger partial charge in [0.05, 0.1) is 6.04 Å². The van der Waals surface area contributed by atoms with E-state index in [1.165, 1.54) is 12.1 Å². The third-order valence-electron chi connectivity index (χ3n) is 2.73. The lowest BCUT2D eigenvalue weighted by atomic mass is 9.97. The fraction of sp³-hybridized carbons (Fsp3) is 0.154. The summed E-state index contributed by atoms with van der Waals surface area (Å²) in [5, 5.41) is 0. The van der Waals surface area contributed by atoms with Crippen LogP contribution in [0, 0.1) is 18.6 Å². The van der Waals surface area contributed by atoms with Gasteiger partial charge in [-0.3, -0.25) is 4.98 Å². The molecule has 0 fully saturated rings. The van der Waals surface area contributed by atoms with Crippen molar-refractivity contribution in [2.75, 3.05) is 0 Å². The quantitative estimate of drug-likeness (QED) is 0.867. The van der Waals surface area contributed by atoms with E-state index in [0.29, 0.717) is 5.56 Å². The lowest BCUT2D eigenvalue weighted by molar-refractivity contribution is 0.494. The summed E-state index contributed by atoms with van der Waals surface area (Å²) < 4.78 is 26.7. The Hall–Kier alpha value is -1.81. The molecule has 88 valence electrons. The topological polar surface area (TPSA) is 38.9 Å². The summed E-state index contributed by atoms with van der Waals surface area (Å²) in [6.07, 6.45) is 3.21. The van der Waals surface area contributed by atoms with Gasteiger partial charge in [-0.2, -0.15) is 0 Å². The predicted molar refractivity (Wildman–Crippen MR) is 61.4 cm³/mol. The lowest BCUT2D eigenvalue weighted by Gasteiger charge is -2.15.